The lowest BCUT2D eigenvalue weighted by molar-refractivity contribution is -0.0686. The Hall–Kier alpha value is -2.04. The van der Waals surface area contributed by atoms with Crippen molar-refractivity contribution in [3.63, 3.8) is 0 Å². The van der Waals surface area contributed by atoms with E-state index in [4.69, 9.17) is 5.73 Å². The van der Waals surface area contributed by atoms with Crippen molar-refractivity contribution in [3.05, 3.63) is 42.6 Å². The van der Waals surface area contributed by atoms with Crippen molar-refractivity contribution in [2.45, 2.75) is 6.18 Å². The van der Waals surface area contributed by atoms with Crippen molar-refractivity contribution in [3.8, 4) is 0 Å². The number of aromatic nitrogens is 1. The third-order valence-electron chi connectivity index (χ3n) is 2.45. The fourth-order valence-electron chi connectivity index (χ4n) is 1.50. The third-order valence-corrected chi connectivity index (χ3v) is 2.45. The van der Waals surface area contributed by atoms with E-state index in [1.54, 1.807) is 18.2 Å². The summed E-state index contributed by atoms with van der Waals surface area (Å²) in [6, 6.07) is 6.35. The van der Waals surface area contributed by atoms with Crippen LogP contribution < -0.4 is 5.73 Å². The van der Waals surface area contributed by atoms with Crippen molar-refractivity contribution in [2.24, 2.45) is 0 Å². The predicted octanol–water partition coefficient (Wildman–Crippen LogP) is 3.39. The minimum Gasteiger partial charge on any atom is -0.398 e. The molecule has 88 valence electrons. The number of halogens is 3. The lowest BCUT2D eigenvalue weighted by Crippen LogP contribution is -2.09. The van der Waals surface area contributed by atoms with Crippen LogP contribution in [0, 0.1) is 0 Å². The Kier molecular flexibility index (Phi) is 2.53. The van der Waals surface area contributed by atoms with Gasteiger partial charge in [-0.2, -0.15) is 13.2 Å². The number of alkyl halides is 3. The average molecular weight is 238 g/mol. The first-order valence-corrected chi connectivity index (χ1v) is 4.80. The molecular weight excluding hydrogens is 229 g/mol. The van der Waals surface area contributed by atoms with Crippen LogP contribution in [0.2, 0.25) is 0 Å². The van der Waals surface area contributed by atoms with Crippen molar-refractivity contribution in [1.82, 2.24) is 4.98 Å². The Morgan fingerprint density at radius 2 is 2.00 bits per heavy atom. The number of nitrogens with two attached hydrogens (primary N) is 1. The van der Waals surface area contributed by atoms with Gasteiger partial charge in [0.1, 0.15) is 0 Å². The topological polar surface area (TPSA) is 38.9 Å². The lowest BCUT2D eigenvalue weighted by Gasteiger charge is -2.11. The van der Waals surface area contributed by atoms with Gasteiger partial charge in [0.15, 0.2) is 0 Å². The van der Waals surface area contributed by atoms with E-state index in [-0.39, 0.29) is 5.56 Å². The molecule has 0 saturated heterocycles. The fraction of sp³-hybridized carbons (Fsp3) is 0.0833. The molecule has 0 aliphatic heterocycles. The zero-order valence-electron chi connectivity index (χ0n) is 8.75. The van der Waals surface area contributed by atoms with Crippen LogP contribution in [0.3, 0.4) is 0 Å². The Morgan fingerprint density at radius 1 is 1.29 bits per heavy atom. The van der Waals surface area contributed by atoms with Crippen LogP contribution in [0.4, 0.5) is 18.9 Å². The van der Waals surface area contributed by atoms with Gasteiger partial charge in [0.25, 0.3) is 0 Å². The van der Waals surface area contributed by atoms with Crippen LogP contribution in [-0.2, 0) is 0 Å². The molecule has 0 fully saturated rings. The SMILES string of the molecule is C=C(c1cnc2cccc(N)c2c1)C(F)(F)F. The molecule has 0 saturated carbocycles. The maximum Gasteiger partial charge on any atom is 0.416 e. The van der Waals surface area contributed by atoms with E-state index in [0.717, 1.165) is 6.20 Å². The Labute approximate surface area is 95.6 Å². The number of nitrogens with zero attached hydrogens (tertiary/aromatic N) is 1. The molecule has 2 N–H and O–H groups in total. The molecule has 2 nitrogen and oxygen atoms in total. The third kappa shape index (κ3) is 2.08. The fourth-order valence-corrected chi connectivity index (χ4v) is 1.50. The molecule has 0 spiro atoms. The van der Waals surface area contributed by atoms with E-state index >= 15 is 0 Å². The summed E-state index contributed by atoms with van der Waals surface area (Å²) in [7, 11) is 0. The molecule has 2 aromatic rings. The summed E-state index contributed by atoms with van der Waals surface area (Å²) in [4.78, 5) is 3.94. The van der Waals surface area contributed by atoms with E-state index in [0.29, 0.717) is 16.6 Å². The van der Waals surface area contributed by atoms with Gasteiger partial charge in [-0.15, -0.1) is 0 Å². The molecule has 1 heterocycles. The van der Waals surface area contributed by atoms with Gasteiger partial charge in [-0.1, -0.05) is 12.6 Å². The second kappa shape index (κ2) is 3.76. The highest BCUT2D eigenvalue weighted by Gasteiger charge is 2.33. The number of rotatable bonds is 1. The molecule has 0 radical (unpaired) electrons. The molecule has 0 aliphatic carbocycles. The number of hydrogen-bond donors (Lipinski definition) is 1. The van der Waals surface area contributed by atoms with Crippen LogP contribution >= 0.6 is 0 Å². The molecule has 1 aromatic carbocycles. The predicted molar refractivity (Wildman–Crippen MR) is 61.2 cm³/mol. The maximum absolute atomic E-state index is 12.5. The quantitative estimate of drug-likeness (QED) is 0.773. The van der Waals surface area contributed by atoms with E-state index in [1.165, 1.54) is 6.07 Å². The summed E-state index contributed by atoms with van der Waals surface area (Å²) in [5.74, 6) is 0. The van der Waals surface area contributed by atoms with Crippen LogP contribution in [0.25, 0.3) is 16.5 Å². The number of nitrogen functional groups attached to an aromatic ring is 1. The molecule has 5 heteroatoms. The van der Waals surface area contributed by atoms with Crippen molar-refractivity contribution in [1.29, 1.82) is 0 Å². The van der Waals surface area contributed by atoms with Crippen LogP contribution in [0.15, 0.2) is 37.0 Å². The van der Waals surface area contributed by atoms with Crippen LogP contribution in [0.5, 0.6) is 0 Å². The first-order chi connectivity index (χ1) is 7.89. The first-order valence-electron chi connectivity index (χ1n) is 4.80. The van der Waals surface area contributed by atoms with Gasteiger partial charge in [0.2, 0.25) is 0 Å². The molecule has 0 aliphatic rings. The average Bonchev–Trinajstić information content (AvgIpc) is 2.27. The van der Waals surface area contributed by atoms with E-state index in [9.17, 15) is 13.2 Å². The van der Waals surface area contributed by atoms with Gasteiger partial charge in [0, 0.05) is 22.8 Å². The molecule has 1 aromatic heterocycles. The highest BCUT2D eigenvalue weighted by molar-refractivity contribution is 5.92. The highest BCUT2D eigenvalue weighted by Crippen LogP contribution is 2.33. The number of benzene rings is 1. The van der Waals surface area contributed by atoms with Gasteiger partial charge in [0.05, 0.1) is 11.1 Å². The molecule has 2 rings (SSSR count). The number of hydrogen-bond acceptors (Lipinski definition) is 2. The second-order valence-electron chi connectivity index (χ2n) is 3.61. The monoisotopic (exact) mass is 238 g/mol. The molecule has 0 unspecified atom stereocenters. The minimum absolute atomic E-state index is 0.0668. The standard InChI is InChI=1S/C12H9F3N2/c1-7(12(13,14)15)8-5-9-10(16)3-2-4-11(9)17-6-8/h2-6H,1,16H2. The van der Waals surface area contributed by atoms with Crippen LogP contribution in [0.1, 0.15) is 5.56 Å². The zero-order valence-corrected chi connectivity index (χ0v) is 8.75. The number of pyridine rings is 1. The van der Waals surface area contributed by atoms with Crippen molar-refractivity contribution in [2.75, 3.05) is 5.73 Å². The number of anilines is 1. The summed E-state index contributed by atoms with van der Waals surface area (Å²) in [5, 5.41) is 0.496. The molecule has 17 heavy (non-hydrogen) atoms. The van der Waals surface area contributed by atoms with Gasteiger partial charge >= 0.3 is 6.18 Å². The van der Waals surface area contributed by atoms with E-state index < -0.39 is 11.7 Å². The lowest BCUT2D eigenvalue weighted by atomic mass is 10.1. The van der Waals surface area contributed by atoms with Gasteiger partial charge in [-0.3, -0.25) is 4.98 Å². The summed E-state index contributed by atoms with van der Waals surface area (Å²) < 4.78 is 37.4. The Bertz CT molecular complexity index is 588. The smallest absolute Gasteiger partial charge is 0.398 e. The Morgan fingerprint density at radius 3 is 2.65 bits per heavy atom. The van der Waals surface area contributed by atoms with E-state index in [2.05, 4.69) is 11.6 Å². The van der Waals surface area contributed by atoms with Crippen molar-refractivity contribution >= 4 is 22.2 Å². The summed E-state index contributed by atoms with van der Waals surface area (Å²) in [6.07, 6.45) is -3.31. The summed E-state index contributed by atoms with van der Waals surface area (Å²) in [5.41, 5.74) is 5.65. The van der Waals surface area contributed by atoms with E-state index in [1.807, 2.05) is 0 Å². The molecular formula is C12H9F3N2. The van der Waals surface area contributed by atoms with Crippen molar-refractivity contribution < 1.29 is 13.2 Å². The zero-order chi connectivity index (χ0) is 12.6. The molecule has 0 atom stereocenters. The largest absolute Gasteiger partial charge is 0.416 e. The molecule has 0 amide bonds. The highest BCUT2D eigenvalue weighted by atomic mass is 19.4. The normalized spacial score (nSPS) is 11.7. The summed E-state index contributed by atoms with van der Waals surface area (Å²) in [6.45, 7) is 3.03. The molecule has 0 bridgehead atoms. The second-order valence-corrected chi connectivity index (χ2v) is 3.61. The van der Waals surface area contributed by atoms with Gasteiger partial charge in [-0.05, 0) is 18.2 Å². The first kappa shape index (κ1) is 11.4. The van der Waals surface area contributed by atoms with Gasteiger partial charge < -0.3 is 5.73 Å². The number of fused-ring (bicyclic) bond motifs is 1. The number of allylic oxidation sites excluding steroid dienone is 1. The van der Waals surface area contributed by atoms with Gasteiger partial charge in [-0.25, -0.2) is 0 Å². The summed E-state index contributed by atoms with van der Waals surface area (Å²) >= 11 is 0. The maximum atomic E-state index is 12.5. The van der Waals surface area contributed by atoms with Crippen LogP contribution in [-0.4, -0.2) is 11.2 Å². The minimum atomic E-state index is -4.46. The Balaban J connectivity index is 2.59.